The average molecular weight is 272 g/mol. The Kier molecular flexibility index (Phi) is 3.67. The first-order chi connectivity index (χ1) is 4.22. The number of carboxylic acids is 1. The van der Waals surface area contributed by atoms with Gasteiger partial charge in [0.15, 0.2) is 0 Å². The van der Waals surface area contributed by atoms with Gasteiger partial charge < -0.3 is 9.52 Å². The minimum absolute atomic E-state index is 0. The van der Waals surface area contributed by atoms with Crippen molar-refractivity contribution in [2.45, 2.75) is 0 Å². The summed E-state index contributed by atoms with van der Waals surface area (Å²) in [6, 6.07) is 1.53. The Morgan fingerprint density at radius 2 is 2.30 bits per heavy atom. The Balaban J connectivity index is 0.000000810. The molecule has 0 amide bonds. The van der Waals surface area contributed by atoms with E-state index in [4.69, 9.17) is 5.11 Å². The van der Waals surface area contributed by atoms with E-state index in [1.54, 1.807) is 0 Å². The number of carboxylic acid groups (broad SMARTS) is 1. The van der Waals surface area contributed by atoms with Gasteiger partial charge in [0.2, 0.25) is 5.76 Å². The number of carbonyl (C=O) groups is 1. The Morgan fingerprint density at radius 3 is 2.50 bits per heavy atom. The third kappa shape index (κ3) is 1.85. The third-order valence-electron chi connectivity index (χ3n) is 0.811. The van der Waals surface area contributed by atoms with Crippen molar-refractivity contribution in [2.24, 2.45) is 0 Å². The standard InChI is InChI=1S/C5H3BrO3.BrH/c6-3-1-2-9-4(3)5(7)8;/h1-2H,(H,7,8);1H. The van der Waals surface area contributed by atoms with Crippen molar-refractivity contribution in [3.05, 3.63) is 22.6 Å². The summed E-state index contributed by atoms with van der Waals surface area (Å²) in [6.07, 6.45) is 1.31. The van der Waals surface area contributed by atoms with Crippen molar-refractivity contribution in [1.82, 2.24) is 0 Å². The molecule has 0 saturated carbocycles. The van der Waals surface area contributed by atoms with Gasteiger partial charge in [0.05, 0.1) is 10.7 Å². The predicted octanol–water partition coefficient (Wildman–Crippen LogP) is 2.32. The van der Waals surface area contributed by atoms with E-state index in [1.165, 1.54) is 12.3 Å². The largest absolute Gasteiger partial charge is 0.475 e. The SMILES string of the molecule is Br.O=C(O)c1occc1Br. The third-order valence-corrected chi connectivity index (χ3v) is 1.44. The monoisotopic (exact) mass is 270 g/mol. The topological polar surface area (TPSA) is 50.4 Å². The highest BCUT2D eigenvalue weighted by molar-refractivity contribution is 9.10. The smallest absolute Gasteiger partial charge is 0.372 e. The van der Waals surface area contributed by atoms with Crippen LogP contribution in [0.1, 0.15) is 10.6 Å². The van der Waals surface area contributed by atoms with E-state index in [-0.39, 0.29) is 22.7 Å². The van der Waals surface area contributed by atoms with Gasteiger partial charge in [-0.05, 0) is 22.0 Å². The first-order valence-corrected chi connectivity index (χ1v) is 2.97. The van der Waals surface area contributed by atoms with E-state index >= 15 is 0 Å². The van der Waals surface area contributed by atoms with Crippen LogP contribution in [-0.2, 0) is 0 Å². The fourth-order valence-corrected chi connectivity index (χ4v) is 0.817. The van der Waals surface area contributed by atoms with Gasteiger partial charge in [-0.25, -0.2) is 4.79 Å². The molecule has 0 atom stereocenters. The summed E-state index contributed by atoms with van der Waals surface area (Å²) in [5, 5.41) is 8.33. The van der Waals surface area contributed by atoms with Crippen molar-refractivity contribution in [2.75, 3.05) is 0 Å². The van der Waals surface area contributed by atoms with Gasteiger partial charge in [-0.3, -0.25) is 0 Å². The fourth-order valence-electron chi connectivity index (χ4n) is 0.446. The van der Waals surface area contributed by atoms with Crippen LogP contribution >= 0.6 is 32.9 Å². The maximum Gasteiger partial charge on any atom is 0.372 e. The first-order valence-electron chi connectivity index (χ1n) is 2.18. The van der Waals surface area contributed by atoms with Gasteiger partial charge in [0.25, 0.3) is 0 Å². The van der Waals surface area contributed by atoms with Crippen LogP contribution in [0.2, 0.25) is 0 Å². The molecule has 10 heavy (non-hydrogen) atoms. The number of hydrogen-bond acceptors (Lipinski definition) is 2. The fraction of sp³-hybridized carbons (Fsp3) is 0. The molecule has 0 radical (unpaired) electrons. The molecule has 0 fully saturated rings. The second-order valence-electron chi connectivity index (χ2n) is 1.40. The first kappa shape index (κ1) is 9.71. The van der Waals surface area contributed by atoms with Crippen LogP contribution in [0, 0.1) is 0 Å². The molecule has 3 nitrogen and oxygen atoms in total. The molecule has 0 spiro atoms. The molecule has 1 heterocycles. The highest BCUT2D eigenvalue weighted by Gasteiger charge is 2.09. The highest BCUT2D eigenvalue weighted by atomic mass is 79.9. The molecule has 0 aromatic carbocycles. The van der Waals surface area contributed by atoms with Crippen LogP contribution in [0.25, 0.3) is 0 Å². The molecule has 0 aliphatic carbocycles. The summed E-state index contributed by atoms with van der Waals surface area (Å²) in [5.41, 5.74) is 0. The van der Waals surface area contributed by atoms with Gasteiger partial charge in [-0.15, -0.1) is 17.0 Å². The maximum absolute atomic E-state index is 10.2. The predicted molar refractivity (Wildman–Crippen MR) is 43.7 cm³/mol. The number of aromatic carboxylic acids is 1. The van der Waals surface area contributed by atoms with Crippen molar-refractivity contribution < 1.29 is 14.3 Å². The highest BCUT2D eigenvalue weighted by Crippen LogP contribution is 2.16. The van der Waals surface area contributed by atoms with Crippen molar-refractivity contribution >= 4 is 38.9 Å². The molecule has 0 aliphatic rings. The van der Waals surface area contributed by atoms with Crippen LogP contribution in [0.4, 0.5) is 0 Å². The maximum atomic E-state index is 10.2. The second kappa shape index (κ2) is 3.78. The zero-order valence-electron chi connectivity index (χ0n) is 4.70. The van der Waals surface area contributed by atoms with Gasteiger partial charge in [0.1, 0.15) is 0 Å². The summed E-state index contributed by atoms with van der Waals surface area (Å²) in [7, 11) is 0. The van der Waals surface area contributed by atoms with Crippen LogP contribution < -0.4 is 0 Å². The summed E-state index contributed by atoms with van der Waals surface area (Å²) in [6.45, 7) is 0. The van der Waals surface area contributed by atoms with E-state index in [1.807, 2.05) is 0 Å². The summed E-state index contributed by atoms with van der Waals surface area (Å²) >= 11 is 2.99. The Bertz CT molecular complexity index is 231. The van der Waals surface area contributed by atoms with Crippen molar-refractivity contribution in [3.63, 3.8) is 0 Å². The molecule has 0 saturated heterocycles. The number of rotatable bonds is 1. The summed E-state index contributed by atoms with van der Waals surface area (Å²) < 4.78 is 5.05. The molecule has 0 aliphatic heterocycles. The molecule has 0 unspecified atom stereocenters. The lowest BCUT2D eigenvalue weighted by Crippen LogP contribution is -1.92. The molecule has 1 aromatic rings. The lowest BCUT2D eigenvalue weighted by molar-refractivity contribution is 0.0661. The van der Waals surface area contributed by atoms with Crippen LogP contribution in [0.5, 0.6) is 0 Å². The molecule has 1 rings (SSSR count). The summed E-state index contributed by atoms with van der Waals surface area (Å²) in [4.78, 5) is 10.2. The van der Waals surface area contributed by atoms with E-state index in [0.29, 0.717) is 4.47 Å². The molecule has 1 N–H and O–H groups in total. The van der Waals surface area contributed by atoms with E-state index < -0.39 is 5.97 Å². The normalized spacial score (nSPS) is 8.50. The van der Waals surface area contributed by atoms with Gasteiger partial charge in [0, 0.05) is 0 Å². The van der Waals surface area contributed by atoms with Crippen LogP contribution in [-0.4, -0.2) is 11.1 Å². The lowest BCUT2D eigenvalue weighted by atomic mass is 10.5. The minimum Gasteiger partial charge on any atom is -0.475 e. The average Bonchev–Trinajstić information content (AvgIpc) is 2.13. The molecule has 5 heteroatoms. The van der Waals surface area contributed by atoms with Gasteiger partial charge in [-0.1, -0.05) is 0 Å². The Labute approximate surface area is 75.9 Å². The number of hydrogen-bond donors (Lipinski definition) is 1. The van der Waals surface area contributed by atoms with Gasteiger partial charge in [-0.2, -0.15) is 0 Å². The molecular weight excluding hydrogens is 268 g/mol. The zero-order chi connectivity index (χ0) is 6.85. The second-order valence-corrected chi connectivity index (χ2v) is 2.26. The van der Waals surface area contributed by atoms with Gasteiger partial charge >= 0.3 is 5.97 Å². The van der Waals surface area contributed by atoms with E-state index in [2.05, 4.69) is 20.3 Å². The van der Waals surface area contributed by atoms with E-state index in [9.17, 15) is 4.79 Å². The molecule has 1 aromatic heterocycles. The van der Waals surface area contributed by atoms with Crippen LogP contribution in [0.3, 0.4) is 0 Å². The van der Waals surface area contributed by atoms with Crippen molar-refractivity contribution in [3.8, 4) is 0 Å². The number of furan rings is 1. The molecule has 0 bridgehead atoms. The Morgan fingerprint density at radius 1 is 1.70 bits per heavy atom. The van der Waals surface area contributed by atoms with Crippen molar-refractivity contribution in [1.29, 1.82) is 0 Å². The minimum atomic E-state index is -1.06. The van der Waals surface area contributed by atoms with E-state index in [0.717, 1.165) is 0 Å². The lowest BCUT2D eigenvalue weighted by Gasteiger charge is -1.83. The zero-order valence-corrected chi connectivity index (χ0v) is 8.00. The summed E-state index contributed by atoms with van der Waals surface area (Å²) in [5.74, 6) is -1.12. The Hall–Kier alpha value is -0.290. The quantitative estimate of drug-likeness (QED) is 0.853. The molecular formula is C5H4Br2O3. The molecule has 56 valence electrons. The number of halogens is 2. The van der Waals surface area contributed by atoms with Crippen LogP contribution in [0.15, 0.2) is 21.2 Å².